The first kappa shape index (κ1) is 15.7. The molecule has 122 valence electrons. The molecule has 0 atom stereocenters. The van der Waals surface area contributed by atoms with Crippen molar-refractivity contribution in [3.63, 3.8) is 0 Å². The van der Waals surface area contributed by atoms with Crippen LogP contribution < -0.4 is 0 Å². The largest absolute Gasteiger partial charge is 0.376 e. The Balaban J connectivity index is 1.55. The van der Waals surface area contributed by atoms with Gasteiger partial charge in [-0.2, -0.15) is 0 Å². The molecule has 0 bridgehead atoms. The van der Waals surface area contributed by atoms with E-state index in [0.717, 1.165) is 50.4 Å². The van der Waals surface area contributed by atoms with Gasteiger partial charge in [-0.3, -0.25) is 4.79 Å². The molecule has 1 aromatic heterocycles. The van der Waals surface area contributed by atoms with Crippen LogP contribution in [0.5, 0.6) is 0 Å². The Morgan fingerprint density at radius 3 is 2.78 bits per heavy atom. The van der Waals surface area contributed by atoms with Gasteiger partial charge >= 0.3 is 0 Å². The van der Waals surface area contributed by atoms with Crippen LogP contribution in [0, 0.1) is 0 Å². The predicted molar refractivity (Wildman–Crippen MR) is 85.5 cm³/mol. The zero-order valence-electron chi connectivity index (χ0n) is 13.2. The number of hydrogen-bond acceptors (Lipinski definition) is 4. The highest BCUT2D eigenvalue weighted by Gasteiger charge is 2.16. The highest BCUT2D eigenvalue weighted by atomic mass is 16.5. The fourth-order valence-electron chi connectivity index (χ4n) is 2.80. The molecule has 6 nitrogen and oxygen atoms in total. The maximum atomic E-state index is 11.0. The van der Waals surface area contributed by atoms with Crippen molar-refractivity contribution in [2.24, 2.45) is 0 Å². The van der Waals surface area contributed by atoms with Crippen LogP contribution in [0.3, 0.4) is 0 Å². The monoisotopic (exact) mass is 314 g/mol. The molecular formula is C17H22N4O2. The summed E-state index contributed by atoms with van der Waals surface area (Å²) in [7, 11) is 0. The first-order valence-electron chi connectivity index (χ1n) is 8.09. The van der Waals surface area contributed by atoms with Crippen LogP contribution in [0.4, 0.5) is 0 Å². The van der Waals surface area contributed by atoms with Gasteiger partial charge in [0.05, 0.1) is 19.8 Å². The van der Waals surface area contributed by atoms with Crippen LogP contribution in [0.15, 0.2) is 30.3 Å². The molecule has 1 aliphatic heterocycles. The Kier molecular flexibility index (Phi) is 5.37. The van der Waals surface area contributed by atoms with Crippen molar-refractivity contribution in [1.29, 1.82) is 0 Å². The fourth-order valence-corrected chi connectivity index (χ4v) is 2.80. The zero-order valence-corrected chi connectivity index (χ0v) is 13.2. The van der Waals surface area contributed by atoms with Crippen molar-refractivity contribution in [2.45, 2.75) is 39.0 Å². The smallest absolute Gasteiger partial charge is 0.210 e. The Hall–Kier alpha value is -2.21. The highest BCUT2D eigenvalue weighted by Crippen LogP contribution is 2.12. The Labute approximate surface area is 136 Å². The molecule has 1 aliphatic rings. The third kappa shape index (κ3) is 4.16. The van der Waals surface area contributed by atoms with E-state index in [1.54, 1.807) is 4.90 Å². The van der Waals surface area contributed by atoms with Gasteiger partial charge in [0, 0.05) is 19.5 Å². The lowest BCUT2D eigenvalue weighted by Crippen LogP contribution is -2.27. The van der Waals surface area contributed by atoms with Crippen molar-refractivity contribution in [1.82, 2.24) is 19.7 Å². The van der Waals surface area contributed by atoms with Crippen molar-refractivity contribution >= 4 is 6.41 Å². The van der Waals surface area contributed by atoms with Crippen LogP contribution in [0.1, 0.15) is 30.1 Å². The SMILES string of the molecule is O=CN1CCCCn2c(CCOCc3ccccc3)nnc2C1. The average molecular weight is 314 g/mol. The normalized spacial score (nSPS) is 14.9. The van der Waals surface area contributed by atoms with Crippen molar-refractivity contribution < 1.29 is 9.53 Å². The lowest BCUT2D eigenvalue weighted by molar-refractivity contribution is -0.119. The zero-order chi connectivity index (χ0) is 15.9. The van der Waals surface area contributed by atoms with Crippen LogP contribution in [-0.4, -0.2) is 39.2 Å². The summed E-state index contributed by atoms with van der Waals surface area (Å²) in [5.74, 6) is 1.82. The fraction of sp³-hybridized carbons (Fsp3) is 0.471. The van der Waals surface area contributed by atoms with E-state index in [1.165, 1.54) is 5.56 Å². The molecule has 23 heavy (non-hydrogen) atoms. The number of hydrogen-bond donors (Lipinski definition) is 0. The molecule has 0 saturated heterocycles. The molecule has 0 radical (unpaired) electrons. The number of amides is 1. The van der Waals surface area contributed by atoms with E-state index in [4.69, 9.17) is 4.74 Å². The summed E-state index contributed by atoms with van der Waals surface area (Å²) in [5, 5.41) is 8.54. The second-order valence-electron chi connectivity index (χ2n) is 5.76. The van der Waals surface area contributed by atoms with Gasteiger partial charge in [0.15, 0.2) is 5.82 Å². The molecule has 0 N–H and O–H groups in total. The molecular weight excluding hydrogens is 292 g/mol. The van der Waals surface area contributed by atoms with Gasteiger partial charge < -0.3 is 14.2 Å². The number of benzene rings is 1. The minimum Gasteiger partial charge on any atom is -0.376 e. The van der Waals surface area contributed by atoms with Crippen LogP contribution in [-0.2, 0) is 35.6 Å². The Morgan fingerprint density at radius 1 is 1.13 bits per heavy atom. The average Bonchev–Trinajstić information content (AvgIpc) is 2.93. The second-order valence-corrected chi connectivity index (χ2v) is 5.76. The predicted octanol–water partition coefficient (Wildman–Crippen LogP) is 1.79. The van der Waals surface area contributed by atoms with Crippen molar-refractivity contribution in [3.05, 3.63) is 47.5 Å². The highest BCUT2D eigenvalue weighted by molar-refractivity contribution is 5.46. The molecule has 2 heterocycles. The van der Waals surface area contributed by atoms with Gasteiger partial charge in [0.1, 0.15) is 5.82 Å². The summed E-state index contributed by atoms with van der Waals surface area (Å²) in [5.41, 5.74) is 1.17. The van der Waals surface area contributed by atoms with Gasteiger partial charge in [0.25, 0.3) is 0 Å². The molecule has 0 saturated carbocycles. The van der Waals surface area contributed by atoms with Gasteiger partial charge in [-0.1, -0.05) is 30.3 Å². The summed E-state index contributed by atoms with van der Waals surface area (Å²) in [4.78, 5) is 12.8. The minimum atomic E-state index is 0.543. The van der Waals surface area contributed by atoms with Crippen LogP contribution in [0.25, 0.3) is 0 Å². The maximum Gasteiger partial charge on any atom is 0.210 e. The van der Waals surface area contributed by atoms with E-state index in [0.29, 0.717) is 19.8 Å². The summed E-state index contributed by atoms with van der Waals surface area (Å²) < 4.78 is 7.87. The molecule has 1 aromatic carbocycles. The lowest BCUT2D eigenvalue weighted by atomic mass is 10.2. The lowest BCUT2D eigenvalue weighted by Gasteiger charge is -2.21. The molecule has 6 heteroatoms. The molecule has 1 amide bonds. The van der Waals surface area contributed by atoms with E-state index in [-0.39, 0.29) is 0 Å². The first-order valence-corrected chi connectivity index (χ1v) is 8.09. The van der Waals surface area contributed by atoms with Crippen molar-refractivity contribution in [3.8, 4) is 0 Å². The number of fused-ring (bicyclic) bond motifs is 1. The van der Waals surface area contributed by atoms with Crippen LogP contribution >= 0.6 is 0 Å². The number of aromatic nitrogens is 3. The van der Waals surface area contributed by atoms with Crippen LogP contribution in [0.2, 0.25) is 0 Å². The van der Waals surface area contributed by atoms with E-state index in [1.807, 2.05) is 18.2 Å². The van der Waals surface area contributed by atoms with Gasteiger partial charge in [-0.15, -0.1) is 10.2 Å². The topological polar surface area (TPSA) is 60.2 Å². The van der Waals surface area contributed by atoms with Crippen molar-refractivity contribution in [2.75, 3.05) is 13.2 Å². The maximum absolute atomic E-state index is 11.0. The van der Waals surface area contributed by atoms with Gasteiger partial charge in [-0.25, -0.2) is 0 Å². The number of carbonyl (C=O) groups excluding carboxylic acids is 1. The van der Waals surface area contributed by atoms with E-state index >= 15 is 0 Å². The number of carbonyl (C=O) groups is 1. The number of ether oxygens (including phenoxy) is 1. The van der Waals surface area contributed by atoms with Gasteiger partial charge in [-0.05, 0) is 18.4 Å². The van der Waals surface area contributed by atoms with E-state index in [9.17, 15) is 4.79 Å². The van der Waals surface area contributed by atoms with E-state index in [2.05, 4.69) is 26.9 Å². The molecule has 2 aromatic rings. The number of nitrogens with zero attached hydrogens (tertiary/aromatic N) is 4. The quantitative estimate of drug-likeness (QED) is 0.602. The molecule has 0 spiro atoms. The summed E-state index contributed by atoms with van der Waals surface area (Å²) in [6, 6.07) is 10.1. The number of rotatable bonds is 6. The Morgan fingerprint density at radius 2 is 1.96 bits per heavy atom. The van der Waals surface area contributed by atoms with Gasteiger partial charge in [0.2, 0.25) is 6.41 Å². The first-order chi connectivity index (χ1) is 11.4. The minimum absolute atomic E-state index is 0.543. The standard InChI is InChI=1S/C17H22N4O2/c22-14-20-9-4-5-10-21-16(18-19-17(21)12-20)8-11-23-13-15-6-2-1-3-7-15/h1-3,6-7,14H,4-5,8-13H2. The summed E-state index contributed by atoms with van der Waals surface area (Å²) in [6.07, 6.45) is 3.68. The molecule has 3 rings (SSSR count). The second kappa shape index (κ2) is 7.87. The third-order valence-corrected chi connectivity index (χ3v) is 4.06. The molecule has 0 fully saturated rings. The van der Waals surface area contributed by atoms with E-state index < -0.39 is 0 Å². The third-order valence-electron chi connectivity index (χ3n) is 4.06. The summed E-state index contributed by atoms with van der Waals surface area (Å²) in [6.45, 7) is 3.49. The molecule has 0 aliphatic carbocycles. The Bertz CT molecular complexity index is 627. The summed E-state index contributed by atoms with van der Waals surface area (Å²) >= 11 is 0. The molecule has 0 unspecified atom stereocenters.